The van der Waals surface area contributed by atoms with Gasteiger partial charge in [0.25, 0.3) is 0 Å². The highest BCUT2D eigenvalue weighted by molar-refractivity contribution is 7.98. The molecule has 0 radical (unpaired) electrons. The molecule has 0 aromatic heterocycles. The topological polar surface area (TPSA) is 43.4 Å². The maximum atomic E-state index is 11.6. The van der Waals surface area contributed by atoms with Crippen LogP contribution in [0.5, 0.6) is 0 Å². The minimum absolute atomic E-state index is 0.0932. The van der Waals surface area contributed by atoms with Crippen molar-refractivity contribution in [1.29, 1.82) is 0 Å². The first-order chi connectivity index (χ1) is 6.61. The Balaban J connectivity index is 3.70. The van der Waals surface area contributed by atoms with E-state index in [2.05, 4.69) is 4.74 Å². The molecule has 2 atom stereocenters. The van der Waals surface area contributed by atoms with E-state index in [9.17, 15) is 9.00 Å². The number of thioether (sulfide) groups is 1. The van der Waals surface area contributed by atoms with Gasteiger partial charge in [0.2, 0.25) is 0 Å². The van der Waals surface area contributed by atoms with E-state index in [0.717, 1.165) is 12.2 Å². The second-order valence-electron chi connectivity index (χ2n) is 3.02. The van der Waals surface area contributed by atoms with Crippen LogP contribution >= 0.6 is 11.8 Å². The molecule has 0 rings (SSSR count). The van der Waals surface area contributed by atoms with Crippen LogP contribution in [0.1, 0.15) is 19.8 Å². The van der Waals surface area contributed by atoms with Gasteiger partial charge in [0, 0.05) is 21.8 Å². The normalized spacial score (nSPS) is 14.8. The molecule has 0 aromatic carbocycles. The number of carbonyl (C=O) groups excluding carboxylic acids is 1. The van der Waals surface area contributed by atoms with Crippen LogP contribution in [-0.2, 0) is 20.3 Å². The zero-order chi connectivity index (χ0) is 11.0. The van der Waals surface area contributed by atoms with Gasteiger partial charge in [-0.1, -0.05) is 6.92 Å². The Labute approximate surface area is 92.4 Å². The van der Waals surface area contributed by atoms with Crippen LogP contribution in [-0.4, -0.2) is 40.3 Å². The summed E-state index contributed by atoms with van der Waals surface area (Å²) in [6.07, 6.45) is 3.22. The Morgan fingerprint density at radius 1 is 1.57 bits per heavy atom. The van der Waals surface area contributed by atoms with Crippen molar-refractivity contribution in [1.82, 2.24) is 0 Å². The molecule has 0 N–H and O–H groups in total. The highest BCUT2D eigenvalue weighted by atomic mass is 32.2. The molecule has 84 valence electrons. The summed E-state index contributed by atoms with van der Waals surface area (Å²) in [6.45, 7) is 1.83. The largest absolute Gasteiger partial charge is 0.469 e. The second kappa shape index (κ2) is 8.29. The van der Waals surface area contributed by atoms with E-state index in [1.54, 1.807) is 11.8 Å². The fourth-order valence-electron chi connectivity index (χ4n) is 0.958. The van der Waals surface area contributed by atoms with Crippen molar-refractivity contribution in [2.45, 2.75) is 25.0 Å². The van der Waals surface area contributed by atoms with E-state index < -0.39 is 10.8 Å². The Morgan fingerprint density at radius 2 is 2.21 bits per heavy atom. The lowest BCUT2D eigenvalue weighted by Crippen LogP contribution is -2.19. The van der Waals surface area contributed by atoms with Gasteiger partial charge in [0.15, 0.2) is 0 Å². The predicted octanol–water partition coefficient (Wildman–Crippen LogP) is 1.44. The highest BCUT2D eigenvalue weighted by Gasteiger charge is 2.15. The van der Waals surface area contributed by atoms with E-state index in [-0.39, 0.29) is 17.6 Å². The van der Waals surface area contributed by atoms with Crippen LogP contribution in [0.2, 0.25) is 0 Å². The first kappa shape index (κ1) is 14.0. The molecule has 0 amide bonds. The number of esters is 1. The number of hydrogen-bond acceptors (Lipinski definition) is 4. The van der Waals surface area contributed by atoms with E-state index in [1.807, 2.05) is 13.2 Å². The third-order valence-corrected chi connectivity index (χ3v) is 4.28. The van der Waals surface area contributed by atoms with E-state index in [0.29, 0.717) is 5.75 Å². The van der Waals surface area contributed by atoms with Crippen molar-refractivity contribution >= 4 is 28.5 Å². The van der Waals surface area contributed by atoms with Crippen LogP contribution in [0.15, 0.2) is 0 Å². The summed E-state index contributed by atoms with van der Waals surface area (Å²) >= 11 is 1.75. The van der Waals surface area contributed by atoms with E-state index in [1.165, 1.54) is 7.11 Å². The zero-order valence-corrected chi connectivity index (χ0v) is 10.6. The molecule has 0 fully saturated rings. The molecule has 0 bridgehead atoms. The Hall–Kier alpha value is -0.0300. The van der Waals surface area contributed by atoms with Crippen molar-refractivity contribution in [3.8, 4) is 0 Å². The fourth-order valence-corrected chi connectivity index (χ4v) is 2.73. The maximum absolute atomic E-state index is 11.6. The molecular weight excluding hydrogens is 220 g/mol. The molecule has 3 nitrogen and oxygen atoms in total. The van der Waals surface area contributed by atoms with Crippen molar-refractivity contribution in [3.63, 3.8) is 0 Å². The Morgan fingerprint density at radius 3 is 2.71 bits per heavy atom. The van der Waals surface area contributed by atoms with Gasteiger partial charge in [-0.15, -0.1) is 0 Å². The summed E-state index contributed by atoms with van der Waals surface area (Å²) in [6, 6.07) is 0. The third-order valence-electron chi connectivity index (χ3n) is 1.82. The fraction of sp³-hybridized carbons (Fsp3) is 0.889. The summed E-state index contributed by atoms with van der Waals surface area (Å²) < 4.78 is 16.1. The molecule has 0 aromatic rings. The van der Waals surface area contributed by atoms with Crippen LogP contribution in [0, 0.1) is 0 Å². The summed E-state index contributed by atoms with van der Waals surface area (Å²) in [5, 5.41) is -0.0932. The van der Waals surface area contributed by atoms with Gasteiger partial charge in [0.05, 0.1) is 13.5 Å². The standard InChI is InChI=1S/C9H18O3S2/c1-8(7-9(10)12-2)14(11)6-4-5-13-3/h8H,4-7H2,1-3H3. The molecule has 5 heteroatoms. The Kier molecular flexibility index (Phi) is 8.27. The average molecular weight is 238 g/mol. The van der Waals surface area contributed by atoms with Gasteiger partial charge >= 0.3 is 5.97 Å². The van der Waals surface area contributed by atoms with E-state index in [4.69, 9.17) is 0 Å². The van der Waals surface area contributed by atoms with Crippen molar-refractivity contribution < 1.29 is 13.7 Å². The van der Waals surface area contributed by atoms with Crippen LogP contribution < -0.4 is 0 Å². The lowest BCUT2D eigenvalue weighted by Gasteiger charge is -2.09. The summed E-state index contributed by atoms with van der Waals surface area (Å²) in [5.41, 5.74) is 0. The van der Waals surface area contributed by atoms with Gasteiger partial charge in [-0.3, -0.25) is 9.00 Å². The van der Waals surface area contributed by atoms with Gasteiger partial charge in [-0.05, 0) is 18.4 Å². The highest BCUT2D eigenvalue weighted by Crippen LogP contribution is 2.06. The van der Waals surface area contributed by atoms with Crippen LogP contribution in [0.3, 0.4) is 0 Å². The van der Waals surface area contributed by atoms with Gasteiger partial charge < -0.3 is 4.74 Å². The molecule has 0 saturated heterocycles. The monoisotopic (exact) mass is 238 g/mol. The molecule has 0 saturated carbocycles. The van der Waals surface area contributed by atoms with Crippen molar-refractivity contribution in [2.75, 3.05) is 24.9 Å². The van der Waals surface area contributed by atoms with Crippen LogP contribution in [0.25, 0.3) is 0 Å². The van der Waals surface area contributed by atoms with Crippen molar-refractivity contribution in [2.24, 2.45) is 0 Å². The summed E-state index contributed by atoms with van der Waals surface area (Å²) in [7, 11) is 0.450. The smallest absolute Gasteiger partial charge is 0.306 e. The average Bonchev–Trinajstić information content (AvgIpc) is 2.17. The third kappa shape index (κ3) is 6.43. The number of hydrogen-bond donors (Lipinski definition) is 0. The minimum atomic E-state index is -0.903. The molecular formula is C9H18O3S2. The lowest BCUT2D eigenvalue weighted by molar-refractivity contribution is -0.140. The number of rotatable bonds is 7. The number of ether oxygens (including phenoxy) is 1. The SMILES string of the molecule is COC(=O)CC(C)S(=O)CCCSC. The lowest BCUT2D eigenvalue weighted by atomic mass is 10.3. The molecule has 2 unspecified atom stereocenters. The zero-order valence-electron chi connectivity index (χ0n) is 8.95. The first-order valence-electron chi connectivity index (χ1n) is 4.54. The molecule has 0 heterocycles. The molecule has 0 spiro atoms. The van der Waals surface area contributed by atoms with Gasteiger partial charge in [-0.2, -0.15) is 11.8 Å². The van der Waals surface area contributed by atoms with E-state index >= 15 is 0 Å². The van der Waals surface area contributed by atoms with Gasteiger partial charge in [0.1, 0.15) is 0 Å². The first-order valence-corrected chi connectivity index (χ1v) is 7.32. The Bertz CT molecular complexity index is 194. The summed E-state index contributed by atoms with van der Waals surface area (Å²) in [4.78, 5) is 10.9. The maximum Gasteiger partial charge on any atom is 0.306 e. The predicted molar refractivity (Wildman–Crippen MR) is 62.1 cm³/mol. The van der Waals surface area contributed by atoms with Gasteiger partial charge in [-0.25, -0.2) is 0 Å². The second-order valence-corrected chi connectivity index (χ2v) is 5.98. The minimum Gasteiger partial charge on any atom is -0.469 e. The quantitative estimate of drug-likeness (QED) is 0.497. The molecule has 14 heavy (non-hydrogen) atoms. The molecule has 0 aliphatic rings. The number of carbonyl (C=O) groups is 1. The summed E-state index contributed by atoms with van der Waals surface area (Å²) in [5.74, 6) is 1.42. The van der Waals surface area contributed by atoms with Crippen molar-refractivity contribution in [3.05, 3.63) is 0 Å². The van der Waals surface area contributed by atoms with Crippen LogP contribution in [0.4, 0.5) is 0 Å². The molecule has 0 aliphatic heterocycles. The number of methoxy groups -OCH3 is 1. The molecule has 0 aliphatic carbocycles.